The van der Waals surface area contributed by atoms with Crippen molar-refractivity contribution in [1.29, 1.82) is 0 Å². The van der Waals surface area contributed by atoms with Crippen molar-refractivity contribution in [3.8, 4) is 0 Å². The summed E-state index contributed by atoms with van der Waals surface area (Å²) in [5.41, 5.74) is 1.51. The Balaban J connectivity index is 1.91. The van der Waals surface area contributed by atoms with Crippen LogP contribution in [0.25, 0.3) is 0 Å². The van der Waals surface area contributed by atoms with E-state index in [0.29, 0.717) is 6.54 Å². The molecule has 2 rings (SSSR count). The monoisotopic (exact) mass is 344 g/mol. The Kier molecular flexibility index (Phi) is 6.79. The fourth-order valence-electron chi connectivity index (χ4n) is 2.50. The van der Waals surface area contributed by atoms with Gasteiger partial charge >= 0.3 is 0 Å². The van der Waals surface area contributed by atoms with Gasteiger partial charge in [0, 0.05) is 24.2 Å². The van der Waals surface area contributed by atoms with Crippen LogP contribution in [0.15, 0.2) is 41.5 Å². The van der Waals surface area contributed by atoms with Crippen LogP contribution in [0.2, 0.25) is 0 Å². The van der Waals surface area contributed by atoms with Crippen LogP contribution < -0.4 is 10.6 Å². The van der Waals surface area contributed by atoms with Crippen molar-refractivity contribution >= 4 is 17.3 Å². The Morgan fingerprint density at radius 2 is 1.96 bits per heavy atom. The van der Waals surface area contributed by atoms with Gasteiger partial charge in [-0.15, -0.1) is 11.3 Å². The van der Waals surface area contributed by atoms with Crippen LogP contribution in [0.1, 0.15) is 36.2 Å². The van der Waals surface area contributed by atoms with E-state index in [1.807, 2.05) is 6.20 Å². The summed E-state index contributed by atoms with van der Waals surface area (Å²) in [7, 11) is 0. The highest BCUT2D eigenvalue weighted by Crippen LogP contribution is 2.20. The first-order chi connectivity index (χ1) is 11.5. The van der Waals surface area contributed by atoms with Crippen molar-refractivity contribution in [2.45, 2.75) is 40.7 Å². The molecule has 24 heavy (non-hydrogen) atoms. The van der Waals surface area contributed by atoms with E-state index in [1.54, 1.807) is 11.3 Å². The molecule has 0 atom stereocenters. The molecule has 0 aliphatic carbocycles. The zero-order valence-corrected chi connectivity index (χ0v) is 15.9. The predicted molar refractivity (Wildman–Crippen MR) is 104 cm³/mol. The number of aryl methyl sites for hydroxylation is 1. The molecule has 5 heteroatoms. The number of hydrogen-bond acceptors (Lipinski definition) is 3. The minimum Gasteiger partial charge on any atom is -0.357 e. The van der Waals surface area contributed by atoms with Gasteiger partial charge in [-0.25, -0.2) is 9.98 Å². The number of nitrogens with one attached hydrogen (secondary N) is 2. The van der Waals surface area contributed by atoms with E-state index >= 15 is 0 Å². The van der Waals surface area contributed by atoms with Gasteiger partial charge in [0.1, 0.15) is 5.01 Å². The zero-order chi connectivity index (χ0) is 17.4. The SMILES string of the molecule is CCNC(=NCc1ncc(C)s1)NCC(C)(C)Cc1ccccc1. The third kappa shape index (κ3) is 6.32. The van der Waals surface area contributed by atoms with E-state index in [-0.39, 0.29) is 5.41 Å². The second kappa shape index (κ2) is 8.83. The lowest BCUT2D eigenvalue weighted by atomic mass is 9.86. The first kappa shape index (κ1) is 18.5. The number of rotatable bonds is 7. The summed E-state index contributed by atoms with van der Waals surface area (Å²) in [5.74, 6) is 0.853. The van der Waals surface area contributed by atoms with Gasteiger partial charge in [0.25, 0.3) is 0 Å². The van der Waals surface area contributed by atoms with Gasteiger partial charge in [-0.05, 0) is 31.2 Å². The van der Waals surface area contributed by atoms with Crippen LogP contribution in [0, 0.1) is 12.3 Å². The summed E-state index contributed by atoms with van der Waals surface area (Å²) >= 11 is 1.70. The molecule has 1 heterocycles. The minimum absolute atomic E-state index is 0.148. The van der Waals surface area contributed by atoms with Gasteiger partial charge in [0.2, 0.25) is 0 Å². The molecule has 130 valence electrons. The van der Waals surface area contributed by atoms with E-state index < -0.39 is 0 Å². The van der Waals surface area contributed by atoms with Crippen LogP contribution in [-0.4, -0.2) is 24.0 Å². The molecule has 2 N–H and O–H groups in total. The molecule has 0 bridgehead atoms. The largest absolute Gasteiger partial charge is 0.357 e. The van der Waals surface area contributed by atoms with Crippen molar-refractivity contribution < 1.29 is 0 Å². The summed E-state index contributed by atoms with van der Waals surface area (Å²) in [5, 5.41) is 7.84. The standard InChI is InChI=1S/C19H28N4S/c1-5-20-18(22-13-17-21-12-15(2)24-17)23-14-19(3,4)11-16-9-7-6-8-10-16/h6-10,12H,5,11,13-14H2,1-4H3,(H2,20,22,23). The number of hydrogen-bond donors (Lipinski definition) is 2. The second-order valence-corrected chi connectivity index (χ2v) is 8.06. The van der Waals surface area contributed by atoms with Crippen molar-refractivity contribution in [3.63, 3.8) is 0 Å². The summed E-state index contributed by atoms with van der Waals surface area (Å²) in [6.07, 6.45) is 2.94. The van der Waals surface area contributed by atoms with Gasteiger partial charge in [-0.2, -0.15) is 0 Å². The molecular formula is C19H28N4S. The molecule has 0 unspecified atom stereocenters. The summed E-state index contributed by atoms with van der Waals surface area (Å²) in [6, 6.07) is 10.6. The minimum atomic E-state index is 0.148. The predicted octanol–water partition coefficient (Wildman–Crippen LogP) is 3.78. The van der Waals surface area contributed by atoms with Crippen LogP contribution in [0.5, 0.6) is 0 Å². The average molecular weight is 345 g/mol. The maximum absolute atomic E-state index is 4.65. The quantitative estimate of drug-likeness (QED) is 0.594. The molecule has 1 aromatic heterocycles. The highest BCUT2D eigenvalue weighted by Gasteiger charge is 2.19. The lowest BCUT2D eigenvalue weighted by Gasteiger charge is -2.26. The second-order valence-electron chi connectivity index (χ2n) is 6.74. The Hall–Kier alpha value is -1.88. The van der Waals surface area contributed by atoms with Crippen LogP contribution in [-0.2, 0) is 13.0 Å². The van der Waals surface area contributed by atoms with Crippen molar-refractivity contribution in [2.24, 2.45) is 10.4 Å². The molecule has 0 aliphatic rings. The summed E-state index contributed by atoms with van der Waals surface area (Å²) in [6.45, 7) is 11.0. The Labute approximate surface area is 149 Å². The molecule has 4 nitrogen and oxygen atoms in total. The molecule has 0 fully saturated rings. The normalized spacial score (nSPS) is 12.2. The van der Waals surface area contributed by atoms with E-state index in [1.165, 1.54) is 10.4 Å². The summed E-state index contributed by atoms with van der Waals surface area (Å²) in [4.78, 5) is 10.2. The third-order valence-corrected chi connectivity index (χ3v) is 4.54. The number of aliphatic imine (C=N–C) groups is 1. The molecular weight excluding hydrogens is 316 g/mol. The molecule has 0 saturated carbocycles. The number of aromatic nitrogens is 1. The number of guanidine groups is 1. The van der Waals surface area contributed by atoms with Gasteiger partial charge in [-0.1, -0.05) is 44.2 Å². The number of nitrogens with zero attached hydrogens (tertiary/aromatic N) is 2. The fraction of sp³-hybridized carbons (Fsp3) is 0.474. The molecule has 1 aromatic carbocycles. The Morgan fingerprint density at radius 3 is 2.58 bits per heavy atom. The van der Waals surface area contributed by atoms with Crippen LogP contribution >= 0.6 is 11.3 Å². The van der Waals surface area contributed by atoms with Gasteiger partial charge in [-0.3, -0.25) is 0 Å². The molecule has 0 aliphatic heterocycles. The first-order valence-corrected chi connectivity index (χ1v) is 9.27. The van der Waals surface area contributed by atoms with E-state index in [9.17, 15) is 0 Å². The Morgan fingerprint density at radius 1 is 1.21 bits per heavy atom. The number of benzene rings is 1. The summed E-state index contributed by atoms with van der Waals surface area (Å²) < 4.78 is 0. The first-order valence-electron chi connectivity index (χ1n) is 8.46. The maximum Gasteiger partial charge on any atom is 0.191 e. The molecule has 2 aromatic rings. The van der Waals surface area contributed by atoms with Gasteiger partial charge in [0.05, 0.1) is 6.54 Å². The Bertz CT molecular complexity index is 646. The molecule has 0 amide bonds. The van der Waals surface area contributed by atoms with Crippen molar-refractivity contribution in [3.05, 3.63) is 52.0 Å². The van der Waals surface area contributed by atoms with Crippen molar-refractivity contribution in [1.82, 2.24) is 15.6 Å². The zero-order valence-electron chi connectivity index (χ0n) is 15.1. The third-order valence-electron chi connectivity index (χ3n) is 3.65. The van der Waals surface area contributed by atoms with E-state index in [0.717, 1.165) is 30.5 Å². The highest BCUT2D eigenvalue weighted by atomic mass is 32.1. The van der Waals surface area contributed by atoms with Crippen LogP contribution in [0.3, 0.4) is 0 Å². The maximum atomic E-state index is 4.65. The van der Waals surface area contributed by atoms with E-state index in [4.69, 9.17) is 0 Å². The smallest absolute Gasteiger partial charge is 0.191 e. The molecule has 0 radical (unpaired) electrons. The number of thiazole rings is 1. The molecule has 0 spiro atoms. The van der Waals surface area contributed by atoms with E-state index in [2.05, 4.69) is 78.6 Å². The van der Waals surface area contributed by atoms with Crippen LogP contribution in [0.4, 0.5) is 0 Å². The van der Waals surface area contributed by atoms with Crippen molar-refractivity contribution in [2.75, 3.05) is 13.1 Å². The highest BCUT2D eigenvalue weighted by molar-refractivity contribution is 7.11. The topological polar surface area (TPSA) is 49.3 Å². The molecule has 0 saturated heterocycles. The van der Waals surface area contributed by atoms with Gasteiger partial charge in [0.15, 0.2) is 5.96 Å². The lowest BCUT2D eigenvalue weighted by molar-refractivity contribution is 0.359. The lowest BCUT2D eigenvalue weighted by Crippen LogP contribution is -2.42. The fourth-order valence-corrected chi connectivity index (χ4v) is 3.21. The average Bonchev–Trinajstić information content (AvgIpc) is 2.96. The van der Waals surface area contributed by atoms with Gasteiger partial charge < -0.3 is 10.6 Å².